The van der Waals surface area contributed by atoms with Gasteiger partial charge in [0.05, 0.1) is 0 Å². The highest BCUT2D eigenvalue weighted by atomic mass is 32.2. The summed E-state index contributed by atoms with van der Waals surface area (Å²) in [5, 5.41) is 3.30. The summed E-state index contributed by atoms with van der Waals surface area (Å²) in [6.45, 7) is 3.90. The first-order valence-electron chi connectivity index (χ1n) is 5.86. The molecule has 0 amide bonds. The Balaban J connectivity index is 1.76. The van der Waals surface area contributed by atoms with Crippen molar-refractivity contribution in [1.29, 1.82) is 0 Å². The Morgan fingerprint density at radius 1 is 1.29 bits per heavy atom. The summed E-state index contributed by atoms with van der Waals surface area (Å²) in [5.74, 6) is 3.69. The summed E-state index contributed by atoms with van der Waals surface area (Å²) in [6, 6.07) is 0.915. The van der Waals surface area contributed by atoms with Crippen LogP contribution < -0.4 is 5.32 Å². The third kappa shape index (κ3) is 2.65. The van der Waals surface area contributed by atoms with E-state index in [1.807, 2.05) is 0 Å². The van der Waals surface area contributed by atoms with Crippen LogP contribution in [0, 0.1) is 5.92 Å². The number of hydrogen-bond donors (Lipinski definition) is 1. The standard InChI is InChI=1S/C11H22N2S/c1-12-8-10-2-5-13(9-10)11-3-6-14-7-4-11/h10-12H,2-9H2,1H3. The normalized spacial score (nSPS) is 31.1. The molecule has 1 N–H and O–H groups in total. The number of nitrogens with one attached hydrogen (secondary N) is 1. The van der Waals surface area contributed by atoms with Gasteiger partial charge in [-0.3, -0.25) is 4.90 Å². The van der Waals surface area contributed by atoms with Gasteiger partial charge in [0, 0.05) is 12.6 Å². The van der Waals surface area contributed by atoms with Gasteiger partial charge in [-0.2, -0.15) is 11.8 Å². The molecule has 0 saturated carbocycles. The monoisotopic (exact) mass is 214 g/mol. The molecule has 2 aliphatic rings. The van der Waals surface area contributed by atoms with Crippen LogP contribution >= 0.6 is 11.8 Å². The fraction of sp³-hybridized carbons (Fsp3) is 1.00. The molecule has 0 aromatic rings. The molecule has 2 saturated heterocycles. The predicted molar refractivity (Wildman–Crippen MR) is 64.0 cm³/mol. The Kier molecular flexibility index (Phi) is 4.14. The molecular formula is C11H22N2S. The highest BCUT2D eigenvalue weighted by Gasteiger charge is 2.28. The minimum Gasteiger partial charge on any atom is -0.319 e. The third-order valence-corrected chi connectivity index (χ3v) is 4.57. The second-order valence-corrected chi connectivity index (χ2v) is 5.78. The van der Waals surface area contributed by atoms with Crippen LogP contribution in [0.15, 0.2) is 0 Å². The minimum absolute atomic E-state index is 0.912. The highest BCUT2D eigenvalue weighted by molar-refractivity contribution is 7.99. The average molecular weight is 214 g/mol. The molecule has 2 rings (SSSR count). The Morgan fingerprint density at radius 2 is 2.07 bits per heavy atom. The molecule has 1 atom stereocenters. The maximum Gasteiger partial charge on any atom is 0.0111 e. The summed E-state index contributed by atoms with van der Waals surface area (Å²) < 4.78 is 0. The Bertz CT molecular complexity index is 169. The second-order valence-electron chi connectivity index (χ2n) is 4.55. The number of thioether (sulfide) groups is 1. The zero-order valence-corrected chi connectivity index (χ0v) is 9.98. The molecule has 3 heteroatoms. The van der Waals surface area contributed by atoms with Crippen LogP contribution in [0.5, 0.6) is 0 Å². The summed E-state index contributed by atoms with van der Waals surface area (Å²) >= 11 is 2.13. The van der Waals surface area contributed by atoms with Crippen molar-refractivity contribution in [1.82, 2.24) is 10.2 Å². The molecule has 0 bridgehead atoms. The Morgan fingerprint density at radius 3 is 2.79 bits per heavy atom. The maximum absolute atomic E-state index is 3.30. The molecule has 82 valence electrons. The smallest absolute Gasteiger partial charge is 0.0111 e. The zero-order valence-electron chi connectivity index (χ0n) is 9.17. The summed E-state index contributed by atoms with van der Waals surface area (Å²) in [5.41, 5.74) is 0. The van der Waals surface area contributed by atoms with Gasteiger partial charge in [0.25, 0.3) is 0 Å². The summed E-state index contributed by atoms with van der Waals surface area (Å²) in [4.78, 5) is 2.74. The lowest BCUT2D eigenvalue weighted by atomic mass is 10.1. The van der Waals surface area contributed by atoms with E-state index in [9.17, 15) is 0 Å². The second kappa shape index (κ2) is 5.38. The van der Waals surface area contributed by atoms with E-state index in [1.165, 1.54) is 50.4 Å². The van der Waals surface area contributed by atoms with Crippen LogP contribution in [0.2, 0.25) is 0 Å². The number of nitrogens with zero attached hydrogens (tertiary/aromatic N) is 1. The van der Waals surface area contributed by atoms with Crippen LogP contribution in [-0.2, 0) is 0 Å². The zero-order chi connectivity index (χ0) is 9.80. The fourth-order valence-electron chi connectivity index (χ4n) is 2.70. The lowest BCUT2D eigenvalue weighted by Gasteiger charge is -2.30. The lowest BCUT2D eigenvalue weighted by molar-refractivity contribution is 0.221. The molecule has 0 aromatic carbocycles. The molecule has 2 fully saturated rings. The quantitative estimate of drug-likeness (QED) is 0.765. The topological polar surface area (TPSA) is 15.3 Å². The van der Waals surface area contributed by atoms with E-state index in [2.05, 4.69) is 29.0 Å². The van der Waals surface area contributed by atoms with Gasteiger partial charge in [0.1, 0.15) is 0 Å². The van der Waals surface area contributed by atoms with E-state index in [0.29, 0.717) is 0 Å². The molecular weight excluding hydrogens is 192 g/mol. The maximum atomic E-state index is 3.30. The molecule has 2 aliphatic heterocycles. The van der Waals surface area contributed by atoms with Crippen molar-refractivity contribution in [2.75, 3.05) is 38.2 Å². The van der Waals surface area contributed by atoms with E-state index < -0.39 is 0 Å². The molecule has 0 aromatic heterocycles. The van der Waals surface area contributed by atoms with Gasteiger partial charge in [-0.15, -0.1) is 0 Å². The molecule has 0 radical (unpaired) electrons. The molecule has 0 aliphatic carbocycles. The van der Waals surface area contributed by atoms with Gasteiger partial charge < -0.3 is 5.32 Å². The molecule has 14 heavy (non-hydrogen) atoms. The largest absolute Gasteiger partial charge is 0.319 e. The first-order chi connectivity index (χ1) is 6.90. The van der Waals surface area contributed by atoms with Crippen LogP contribution in [0.4, 0.5) is 0 Å². The first-order valence-corrected chi connectivity index (χ1v) is 7.02. The summed E-state index contributed by atoms with van der Waals surface area (Å²) in [7, 11) is 2.07. The molecule has 1 unspecified atom stereocenters. The molecule has 0 spiro atoms. The third-order valence-electron chi connectivity index (χ3n) is 3.52. The van der Waals surface area contributed by atoms with Crippen molar-refractivity contribution in [3.63, 3.8) is 0 Å². The van der Waals surface area contributed by atoms with Crippen LogP contribution in [0.1, 0.15) is 19.3 Å². The molecule has 2 nitrogen and oxygen atoms in total. The van der Waals surface area contributed by atoms with Gasteiger partial charge in [-0.25, -0.2) is 0 Å². The van der Waals surface area contributed by atoms with E-state index in [-0.39, 0.29) is 0 Å². The predicted octanol–water partition coefficient (Wildman–Crippen LogP) is 1.42. The van der Waals surface area contributed by atoms with Gasteiger partial charge >= 0.3 is 0 Å². The van der Waals surface area contributed by atoms with E-state index in [0.717, 1.165) is 12.0 Å². The van der Waals surface area contributed by atoms with Gasteiger partial charge in [-0.1, -0.05) is 0 Å². The van der Waals surface area contributed by atoms with Crippen molar-refractivity contribution in [3.8, 4) is 0 Å². The lowest BCUT2D eigenvalue weighted by Crippen LogP contribution is -2.36. The van der Waals surface area contributed by atoms with Crippen LogP contribution in [0.3, 0.4) is 0 Å². The van der Waals surface area contributed by atoms with Gasteiger partial charge in [-0.05, 0) is 56.8 Å². The van der Waals surface area contributed by atoms with Gasteiger partial charge in [0.15, 0.2) is 0 Å². The SMILES string of the molecule is CNCC1CCN(C2CCSCC2)C1. The van der Waals surface area contributed by atoms with Crippen molar-refractivity contribution < 1.29 is 0 Å². The van der Waals surface area contributed by atoms with Crippen molar-refractivity contribution in [3.05, 3.63) is 0 Å². The van der Waals surface area contributed by atoms with Crippen molar-refractivity contribution in [2.45, 2.75) is 25.3 Å². The first kappa shape index (κ1) is 10.8. The average Bonchev–Trinajstić information content (AvgIpc) is 2.68. The summed E-state index contributed by atoms with van der Waals surface area (Å²) in [6.07, 6.45) is 4.26. The van der Waals surface area contributed by atoms with E-state index >= 15 is 0 Å². The van der Waals surface area contributed by atoms with Crippen LogP contribution in [-0.4, -0.2) is 49.1 Å². The van der Waals surface area contributed by atoms with Crippen LogP contribution in [0.25, 0.3) is 0 Å². The van der Waals surface area contributed by atoms with E-state index in [4.69, 9.17) is 0 Å². The van der Waals surface area contributed by atoms with Crippen molar-refractivity contribution in [2.24, 2.45) is 5.92 Å². The molecule has 2 heterocycles. The van der Waals surface area contributed by atoms with Crippen molar-refractivity contribution >= 4 is 11.8 Å². The van der Waals surface area contributed by atoms with Gasteiger partial charge in [0.2, 0.25) is 0 Å². The van der Waals surface area contributed by atoms with E-state index in [1.54, 1.807) is 0 Å². The fourth-order valence-corrected chi connectivity index (χ4v) is 3.78. The highest BCUT2D eigenvalue weighted by Crippen LogP contribution is 2.26. The number of hydrogen-bond acceptors (Lipinski definition) is 3. The minimum atomic E-state index is 0.912. The Hall–Kier alpha value is 0.270. The number of rotatable bonds is 3. The number of likely N-dealkylation sites (tertiary alicyclic amines) is 1. The Labute approximate surface area is 91.8 Å².